The van der Waals surface area contributed by atoms with Crippen molar-refractivity contribution in [3.63, 3.8) is 0 Å². The van der Waals surface area contributed by atoms with Crippen molar-refractivity contribution < 1.29 is 4.79 Å². The summed E-state index contributed by atoms with van der Waals surface area (Å²) in [5.41, 5.74) is 4.03. The van der Waals surface area contributed by atoms with Gasteiger partial charge in [-0.15, -0.1) is 0 Å². The minimum atomic E-state index is 0.106. The molecule has 0 radical (unpaired) electrons. The van der Waals surface area contributed by atoms with Gasteiger partial charge in [-0.3, -0.25) is 9.36 Å². The van der Waals surface area contributed by atoms with Gasteiger partial charge in [0, 0.05) is 49.2 Å². The van der Waals surface area contributed by atoms with Crippen LogP contribution in [0.15, 0.2) is 60.9 Å². The van der Waals surface area contributed by atoms with Crippen molar-refractivity contribution in [2.75, 3.05) is 50.5 Å². The van der Waals surface area contributed by atoms with Gasteiger partial charge in [-0.25, -0.2) is 4.98 Å². The predicted octanol–water partition coefficient (Wildman–Crippen LogP) is 4.33. The van der Waals surface area contributed by atoms with Gasteiger partial charge in [0.15, 0.2) is 17.0 Å². The second kappa shape index (κ2) is 10.4. The Morgan fingerprint density at radius 3 is 2.42 bits per heavy atom. The molecule has 4 aromatic rings. The van der Waals surface area contributed by atoms with E-state index in [1.54, 1.807) is 6.33 Å². The fourth-order valence-corrected chi connectivity index (χ4v) is 5.35. The summed E-state index contributed by atoms with van der Waals surface area (Å²) in [6.07, 6.45) is 6.24. The first-order valence-electron chi connectivity index (χ1n) is 13.4. The van der Waals surface area contributed by atoms with Gasteiger partial charge in [0.25, 0.3) is 5.91 Å². The van der Waals surface area contributed by atoms with Gasteiger partial charge in [-0.2, -0.15) is 9.97 Å². The van der Waals surface area contributed by atoms with Crippen LogP contribution in [0.3, 0.4) is 0 Å². The van der Waals surface area contributed by atoms with Gasteiger partial charge in [0.05, 0.1) is 0 Å². The van der Waals surface area contributed by atoms with Crippen molar-refractivity contribution in [1.82, 2.24) is 29.3 Å². The van der Waals surface area contributed by atoms with E-state index in [1.165, 1.54) is 6.42 Å². The number of amides is 1. The highest BCUT2D eigenvalue weighted by Gasteiger charge is 2.27. The summed E-state index contributed by atoms with van der Waals surface area (Å²) in [6, 6.07) is 18.3. The number of aromatic nitrogens is 4. The molecule has 0 aliphatic carbocycles. The molecular weight excluding hydrogens is 476 g/mol. The Labute approximate surface area is 223 Å². The lowest BCUT2D eigenvalue weighted by molar-refractivity contribution is 0.0724. The number of piperidine rings is 1. The van der Waals surface area contributed by atoms with Crippen molar-refractivity contribution in [3.05, 3.63) is 66.5 Å². The summed E-state index contributed by atoms with van der Waals surface area (Å²) < 4.78 is 2.01. The molecule has 196 valence electrons. The summed E-state index contributed by atoms with van der Waals surface area (Å²) >= 11 is 0. The quantitative estimate of drug-likeness (QED) is 0.414. The zero-order valence-corrected chi connectivity index (χ0v) is 22.0. The molecule has 1 amide bonds. The van der Waals surface area contributed by atoms with Gasteiger partial charge in [0.1, 0.15) is 6.33 Å². The van der Waals surface area contributed by atoms with E-state index >= 15 is 0 Å². The Hall–Kier alpha value is -3.98. The van der Waals surface area contributed by atoms with E-state index in [-0.39, 0.29) is 5.91 Å². The summed E-state index contributed by atoms with van der Waals surface area (Å²) in [5, 5.41) is 3.47. The highest BCUT2D eigenvalue weighted by Crippen LogP contribution is 2.29. The summed E-state index contributed by atoms with van der Waals surface area (Å²) in [4.78, 5) is 34.0. The van der Waals surface area contributed by atoms with E-state index in [2.05, 4.69) is 29.2 Å². The molecule has 0 spiro atoms. The molecule has 1 atom stereocenters. The molecule has 6 rings (SSSR count). The average molecular weight is 511 g/mol. The number of nitrogens with zero attached hydrogens (tertiary/aromatic N) is 7. The number of carbonyl (C=O) groups is 1. The summed E-state index contributed by atoms with van der Waals surface area (Å²) in [7, 11) is 4.24. The Balaban J connectivity index is 1.33. The third-order valence-corrected chi connectivity index (χ3v) is 7.63. The van der Waals surface area contributed by atoms with Crippen LogP contribution < -0.4 is 10.2 Å². The molecule has 0 bridgehead atoms. The SMILES string of the molecule is CN(C)C1CCN(c2nc(Nc3ccc(C(=O)N4CCCCC4)cc3)c3ncn(-c4ccccc4)c3n2)C1. The molecular formula is C29H34N8O. The number of likely N-dealkylation sites (N-methyl/N-ethyl adjacent to an activating group) is 1. The number of para-hydroxylation sites is 1. The summed E-state index contributed by atoms with van der Waals surface area (Å²) in [5.74, 6) is 1.45. The van der Waals surface area contributed by atoms with Gasteiger partial charge >= 0.3 is 0 Å². The number of hydrogen-bond donors (Lipinski definition) is 1. The number of imidazole rings is 1. The van der Waals surface area contributed by atoms with E-state index in [0.29, 0.717) is 28.9 Å². The highest BCUT2D eigenvalue weighted by molar-refractivity contribution is 5.95. The van der Waals surface area contributed by atoms with E-state index < -0.39 is 0 Å². The third-order valence-electron chi connectivity index (χ3n) is 7.63. The van der Waals surface area contributed by atoms with Gasteiger partial charge < -0.3 is 20.0 Å². The smallest absolute Gasteiger partial charge is 0.253 e. The van der Waals surface area contributed by atoms with Crippen LogP contribution in [-0.4, -0.2) is 81.5 Å². The van der Waals surface area contributed by atoms with Crippen molar-refractivity contribution in [1.29, 1.82) is 0 Å². The Bertz CT molecular complexity index is 1410. The molecule has 9 nitrogen and oxygen atoms in total. The normalized spacial score (nSPS) is 17.9. The van der Waals surface area contributed by atoms with Gasteiger partial charge in [-0.05, 0) is 76.2 Å². The lowest BCUT2D eigenvalue weighted by atomic mass is 10.1. The fraction of sp³-hybridized carbons (Fsp3) is 0.379. The number of likely N-dealkylation sites (tertiary alicyclic amines) is 1. The molecule has 2 aliphatic rings. The Kier molecular flexibility index (Phi) is 6.68. The second-order valence-corrected chi connectivity index (χ2v) is 10.4. The molecule has 1 unspecified atom stereocenters. The molecule has 1 N–H and O–H groups in total. The van der Waals surface area contributed by atoms with Crippen LogP contribution in [-0.2, 0) is 0 Å². The maximum absolute atomic E-state index is 12.9. The minimum Gasteiger partial charge on any atom is -0.339 e. The number of benzene rings is 2. The summed E-state index contributed by atoms with van der Waals surface area (Å²) in [6.45, 7) is 3.47. The monoisotopic (exact) mass is 510 g/mol. The first-order chi connectivity index (χ1) is 18.6. The number of rotatable bonds is 6. The topological polar surface area (TPSA) is 82.4 Å². The van der Waals surface area contributed by atoms with Crippen molar-refractivity contribution in [2.45, 2.75) is 31.7 Å². The number of anilines is 3. The molecule has 9 heteroatoms. The molecule has 2 saturated heterocycles. The lowest BCUT2D eigenvalue weighted by Crippen LogP contribution is -2.35. The van der Waals surface area contributed by atoms with E-state index in [0.717, 1.165) is 62.5 Å². The Morgan fingerprint density at radius 2 is 1.71 bits per heavy atom. The standard InChI is InChI=1S/C29H34N8O/c1-34(2)24-15-18-36(19-24)29-32-26(25-27(33-29)37(20-30-25)23-9-5-3-6-10-23)31-22-13-11-21(12-14-22)28(38)35-16-7-4-8-17-35/h3,5-6,9-14,20,24H,4,7-8,15-19H2,1-2H3,(H,31,32,33). The molecule has 2 fully saturated rings. The molecule has 2 aliphatic heterocycles. The minimum absolute atomic E-state index is 0.106. The second-order valence-electron chi connectivity index (χ2n) is 10.4. The number of nitrogens with one attached hydrogen (secondary N) is 1. The van der Waals surface area contributed by atoms with E-state index in [4.69, 9.17) is 15.0 Å². The highest BCUT2D eigenvalue weighted by atomic mass is 16.2. The Morgan fingerprint density at radius 1 is 0.947 bits per heavy atom. The van der Waals surface area contributed by atoms with Gasteiger partial charge in [-0.1, -0.05) is 18.2 Å². The van der Waals surface area contributed by atoms with Crippen LogP contribution in [0.25, 0.3) is 16.9 Å². The maximum atomic E-state index is 12.9. The zero-order valence-electron chi connectivity index (χ0n) is 22.0. The molecule has 0 saturated carbocycles. The van der Waals surface area contributed by atoms with Crippen LogP contribution in [0.5, 0.6) is 0 Å². The zero-order chi connectivity index (χ0) is 26.1. The molecule has 2 aromatic carbocycles. The van der Waals surface area contributed by atoms with E-state index in [1.807, 2.05) is 64.1 Å². The predicted molar refractivity (Wildman–Crippen MR) is 150 cm³/mol. The average Bonchev–Trinajstić information content (AvgIpc) is 3.62. The first-order valence-corrected chi connectivity index (χ1v) is 13.4. The molecule has 2 aromatic heterocycles. The first kappa shape index (κ1) is 24.4. The third kappa shape index (κ3) is 4.81. The lowest BCUT2D eigenvalue weighted by Gasteiger charge is -2.26. The van der Waals surface area contributed by atoms with Crippen LogP contribution in [0.2, 0.25) is 0 Å². The number of carbonyl (C=O) groups excluding carboxylic acids is 1. The molecule has 38 heavy (non-hydrogen) atoms. The number of hydrogen-bond acceptors (Lipinski definition) is 7. The number of fused-ring (bicyclic) bond motifs is 1. The van der Waals surface area contributed by atoms with Crippen LogP contribution in [0.1, 0.15) is 36.0 Å². The van der Waals surface area contributed by atoms with Gasteiger partial charge in [0.2, 0.25) is 5.95 Å². The molecule has 4 heterocycles. The van der Waals surface area contributed by atoms with Crippen molar-refractivity contribution in [2.24, 2.45) is 0 Å². The van der Waals surface area contributed by atoms with Crippen molar-refractivity contribution >= 4 is 34.5 Å². The van der Waals surface area contributed by atoms with Crippen LogP contribution in [0, 0.1) is 0 Å². The fourth-order valence-electron chi connectivity index (χ4n) is 5.35. The van der Waals surface area contributed by atoms with Crippen LogP contribution in [0.4, 0.5) is 17.5 Å². The van der Waals surface area contributed by atoms with E-state index in [9.17, 15) is 4.79 Å². The van der Waals surface area contributed by atoms with Crippen molar-refractivity contribution in [3.8, 4) is 5.69 Å². The largest absolute Gasteiger partial charge is 0.339 e. The van der Waals surface area contributed by atoms with Crippen LogP contribution >= 0.6 is 0 Å². The maximum Gasteiger partial charge on any atom is 0.253 e.